The Morgan fingerprint density at radius 3 is 2.91 bits per heavy atom. The minimum absolute atomic E-state index is 0.154. The van der Waals surface area contributed by atoms with Gasteiger partial charge in [0.1, 0.15) is 16.9 Å². The van der Waals surface area contributed by atoms with E-state index < -0.39 is 16.1 Å². The van der Waals surface area contributed by atoms with Gasteiger partial charge in [-0.2, -0.15) is 8.78 Å². The Kier molecular flexibility index (Phi) is 4.48. The molecule has 1 N–H and O–H groups in total. The summed E-state index contributed by atoms with van der Waals surface area (Å²) in [5.41, 5.74) is 1.03. The van der Waals surface area contributed by atoms with E-state index in [-0.39, 0.29) is 21.1 Å². The second-order valence-corrected chi connectivity index (χ2v) is 8.20. The molecule has 1 aliphatic heterocycles. The highest BCUT2D eigenvalue weighted by Crippen LogP contribution is 2.38. The quantitative estimate of drug-likeness (QED) is 0.816. The molecule has 0 amide bonds. The van der Waals surface area contributed by atoms with Crippen molar-refractivity contribution in [3.8, 4) is 0 Å². The minimum atomic E-state index is -3.46. The van der Waals surface area contributed by atoms with E-state index in [4.69, 9.17) is 17.0 Å². The van der Waals surface area contributed by atoms with Gasteiger partial charge in [-0.3, -0.25) is 0 Å². The Bertz CT molecular complexity index is 762. The van der Waals surface area contributed by atoms with Gasteiger partial charge in [-0.05, 0) is 54.4 Å². The van der Waals surface area contributed by atoms with Crippen molar-refractivity contribution in [2.45, 2.75) is 28.9 Å². The van der Waals surface area contributed by atoms with E-state index >= 15 is 0 Å². The van der Waals surface area contributed by atoms with Gasteiger partial charge in [0, 0.05) is 17.7 Å². The summed E-state index contributed by atoms with van der Waals surface area (Å²) in [5.74, 6) is 0. The van der Waals surface area contributed by atoms with Crippen LogP contribution in [0.3, 0.4) is 0 Å². The van der Waals surface area contributed by atoms with Crippen molar-refractivity contribution in [3.63, 3.8) is 0 Å². The van der Waals surface area contributed by atoms with Crippen LogP contribution < -0.4 is 5.32 Å². The van der Waals surface area contributed by atoms with Crippen molar-refractivity contribution in [2.75, 3.05) is 5.32 Å². The molecule has 0 spiro atoms. The lowest BCUT2D eigenvalue weighted by Gasteiger charge is -2.17. The molecule has 2 aromatic rings. The van der Waals surface area contributed by atoms with E-state index in [0.29, 0.717) is 17.7 Å². The maximum absolute atomic E-state index is 14.6. The van der Waals surface area contributed by atoms with Crippen LogP contribution in [0.1, 0.15) is 18.1 Å². The van der Waals surface area contributed by atoms with E-state index in [1.807, 2.05) is 6.92 Å². The van der Waals surface area contributed by atoms with Crippen molar-refractivity contribution in [1.82, 2.24) is 0 Å². The number of halogens is 2. The van der Waals surface area contributed by atoms with Gasteiger partial charge in [0.25, 0.3) is 5.17 Å². The summed E-state index contributed by atoms with van der Waals surface area (Å²) in [6.45, 7) is 1.82. The third-order valence-corrected chi connectivity index (χ3v) is 6.21. The molecule has 2 heterocycles. The molecule has 8 heteroatoms. The molecule has 0 bridgehead atoms. The van der Waals surface area contributed by atoms with Gasteiger partial charge in [0.15, 0.2) is 0 Å². The van der Waals surface area contributed by atoms with Gasteiger partial charge in [0.05, 0.1) is 4.21 Å². The fourth-order valence-electron chi connectivity index (χ4n) is 2.34. The van der Waals surface area contributed by atoms with E-state index in [1.54, 1.807) is 11.4 Å². The van der Waals surface area contributed by atoms with Gasteiger partial charge in [-0.1, -0.05) is 6.07 Å². The van der Waals surface area contributed by atoms with Gasteiger partial charge in [0.2, 0.25) is 0 Å². The molecule has 0 saturated carbocycles. The number of nitrogens with one attached hydrogen (secondary N) is 1. The van der Waals surface area contributed by atoms with Crippen molar-refractivity contribution in [2.24, 2.45) is 0 Å². The Morgan fingerprint density at radius 2 is 2.22 bits per heavy atom. The second-order valence-electron chi connectivity index (χ2n) is 5.13. The third-order valence-electron chi connectivity index (χ3n) is 3.40. The maximum atomic E-state index is 14.6. The lowest BCUT2D eigenvalue weighted by atomic mass is 10.0. The predicted molar refractivity (Wildman–Crippen MR) is 91.5 cm³/mol. The number of thiocarbonyl (C=S) groups is 1. The van der Waals surface area contributed by atoms with E-state index in [2.05, 4.69) is 5.32 Å². The Morgan fingerprint density at radius 1 is 1.43 bits per heavy atom. The molecule has 2 atom stereocenters. The summed E-state index contributed by atoms with van der Waals surface area (Å²) in [7, 11) is -2.43. The normalized spacial score (nSPS) is 19.3. The van der Waals surface area contributed by atoms with Crippen LogP contribution in [-0.2, 0) is 27.2 Å². The summed E-state index contributed by atoms with van der Waals surface area (Å²) >= 11 is 6.07. The molecule has 1 aromatic heterocycles. The highest BCUT2D eigenvalue weighted by Gasteiger charge is 2.41. The molecular formula is C15H13F2NO2S3. The number of benzene rings is 1. The minimum Gasteiger partial charge on any atom is -0.467 e. The van der Waals surface area contributed by atoms with Crippen LogP contribution in [0.25, 0.3) is 0 Å². The largest absolute Gasteiger partial charge is 0.467 e. The molecule has 122 valence electrons. The summed E-state index contributed by atoms with van der Waals surface area (Å²) in [5, 5.41) is 1.27. The molecular weight excluding hydrogens is 360 g/mol. The molecule has 2 unspecified atom stereocenters. The van der Waals surface area contributed by atoms with Gasteiger partial charge >= 0.3 is 5.25 Å². The molecule has 0 aliphatic carbocycles. The number of rotatable bonds is 3. The first-order valence-electron chi connectivity index (χ1n) is 6.82. The van der Waals surface area contributed by atoms with Crippen LogP contribution in [0.4, 0.5) is 14.5 Å². The monoisotopic (exact) mass is 373 g/mol. The van der Waals surface area contributed by atoms with E-state index in [9.17, 15) is 13.0 Å². The van der Waals surface area contributed by atoms with Crippen LogP contribution in [0.5, 0.6) is 0 Å². The van der Waals surface area contributed by atoms with Crippen LogP contribution in [0.2, 0.25) is 0 Å². The van der Waals surface area contributed by atoms with Gasteiger partial charge < -0.3 is 10.1 Å². The summed E-state index contributed by atoms with van der Waals surface area (Å²) in [6, 6.07) is 7.23. The van der Waals surface area contributed by atoms with Gasteiger partial charge in [-0.25, -0.2) is 4.21 Å². The fraction of sp³-hybridized carbons (Fsp3) is 0.267. The smallest absolute Gasteiger partial charge is 0.351 e. The maximum Gasteiger partial charge on any atom is 0.351 e. The van der Waals surface area contributed by atoms with E-state index in [1.165, 1.54) is 24.3 Å². The molecule has 0 radical (unpaired) electrons. The van der Waals surface area contributed by atoms with Crippen molar-refractivity contribution >= 4 is 45.2 Å². The summed E-state index contributed by atoms with van der Waals surface area (Å²) in [6.07, 6.45) is 0.223. The predicted octanol–water partition coefficient (Wildman–Crippen LogP) is 4.26. The fourth-order valence-corrected chi connectivity index (χ4v) is 4.69. The third kappa shape index (κ3) is 3.29. The number of hydrogen-bond acceptors (Lipinski definition) is 4. The lowest BCUT2D eigenvalue weighted by Crippen LogP contribution is -2.20. The molecule has 3 rings (SSSR count). The lowest BCUT2D eigenvalue weighted by molar-refractivity contribution is 0.0979. The molecule has 0 saturated heterocycles. The SMILES string of the molecule is CC1Cc2cc(C(F)(F)S(=O)c3cccs3)ccc2NC(=S)O1. The van der Waals surface area contributed by atoms with Gasteiger partial charge in [-0.15, -0.1) is 11.3 Å². The summed E-state index contributed by atoms with van der Waals surface area (Å²) < 4.78 is 46.9. The zero-order valence-corrected chi connectivity index (χ0v) is 14.5. The molecule has 0 fully saturated rings. The van der Waals surface area contributed by atoms with Crippen LogP contribution in [-0.4, -0.2) is 15.5 Å². The zero-order chi connectivity index (χ0) is 16.6. The number of hydrogen-bond donors (Lipinski definition) is 1. The van der Waals surface area contributed by atoms with E-state index in [0.717, 1.165) is 11.3 Å². The highest BCUT2D eigenvalue weighted by molar-refractivity contribution is 7.87. The second kappa shape index (κ2) is 6.26. The number of alkyl halides is 2. The number of ether oxygens (including phenoxy) is 1. The standard InChI is InChI=1S/C15H13F2NO2S3/c1-9-7-10-8-11(4-5-12(10)18-14(21)20-9)15(16,17)23(19)13-3-2-6-22-13/h2-6,8-9H,7H2,1H3,(H,18,21). The van der Waals surface area contributed by atoms with Crippen LogP contribution in [0.15, 0.2) is 39.9 Å². The Balaban J connectivity index is 1.98. The number of anilines is 1. The highest BCUT2D eigenvalue weighted by atomic mass is 32.2. The zero-order valence-electron chi connectivity index (χ0n) is 12.0. The van der Waals surface area contributed by atoms with Crippen molar-refractivity contribution in [1.29, 1.82) is 0 Å². The Labute approximate surface area is 144 Å². The van der Waals surface area contributed by atoms with Crippen LogP contribution in [0, 0.1) is 0 Å². The average Bonchev–Trinajstić information content (AvgIpc) is 2.97. The average molecular weight is 373 g/mol. The molecule has 1 aromatic carbocycles. The van der Waals surface area contributed by atoms with Crippen LogP contribution >= 0.6 is 23.6 Å². The number of fused-ring (bicyclic) bond motifs is 1. The first-order chi connectivity index (χ1) is 10.9. The molecule has 1 aliphatic rings. The first-order valence-corrected chi connectivity index (χ1v) is 9.26. The molecule has 23 heavy (non-hydrogen) atoms. The first kappa shape index (κ1) is 16.5. The Hall–Kier alpha value is -1.38. The number of thiophene rings is 1. The van der Waals surface area contributed by atoms with Crippen molar-refractivity contribution < 1.29 is 17.7 Å². The van der Waals surface area contributed by atoms with Crippen molar-refractivity contribution in [3.05, 3.63) is 46.8 Å². The summed E-state index contributed by atoms with van der Waals surface area (Å²) in [4.78, 5) is 0. The topological polar surface area (TPSA) is 38.3 Å². The molecule has 3 nitrogen and oxygen atoms in total.